The lowest BCUT2D eigenvalue weighted by Gasteiger charge is -2.27. The number of fused-ring (bicyclic) bond motifs is 1. The van der Waals surface area contributed by atoms with Gasteiger partial charge in [0.15, 0.2) is 0 Å². The van der Waals surface area contributed by atoms with E-state index in [4.69, 9.17) is 27.9 Å². The lowest BCUT2D eigenvalue weighted by atomic mass is 10.0. The maximum Gasteiger partial charge on any atom is 0.341 e. The zero-order valence-electron chi connectivity index (χ0n) is 30.8. The number of carbonyl (C=O) groups excluding carboxylic acids is 4. The molecule has 1 aliphatic rings. The van der Waals surface area contributed by atoms with Gasteiger partial charge in [0.05, 0.1) is 17.4 Å². The number of anilines is 2. The Kier molecular flexibility index (Phi) is 14.0. The molecule has 0 fully saturated rings. The van der Waals surface area contributed by atoms with Gasteiger partial charge in [-0.2, -0.15) is 0 Å². The van der Waals surface area contributed by atoms with Gasteiger partial charge in [0.25, 0.3) is 11.8 Å². The Morgan fingerprint density at radius 3 is 2.38 bits per heavy atom. The number of rotatable bonds is 14. The molecule has 1 aliphatic heterocycles. The minimum atomic E-state index is -0.581. The molecule has 1 aromatic heterocycles. The minimum Gasteiger partial charge on any atom is -0.462 e. The number of carbonyl (C=O) groups is 4. The molecule has 5 aromatic rings. The second-order valence-corrected chi connectivity index (χ2v) is 16.1. The van der Waals surface area contributed by atoms with E-state index < -0.39 is 23.0 Å². The number of halogens is 2. The van der Waals surface area contributed by atoms with Gasteiger partial charge in [-0.15, -0.1) is 23.1 Å². The Morgan fingerprint density at radius 2 is 1.66 bits per heavy atom. The number of thiophene rings is 1. The number of nitrogens with one attached hydrogen (secondary N) is 3. The first-order valence-corrected chi connectivity index (χ1v) is 20.6. The van der Waals surface area contributed by atoms with E-state index in [2.05, 4.69) is 33.0 Å². The molecular weight excluding hydrogens is 788 g/mol. The zero-order valence-corrected chi connectivity index (χ0v) is 33.9. The first-order chi connectivity index (χ1) is 27.1. The molecule has 3 amide bonds. The molecule has 0 radical (unpaired) electrons. The maximum atomic E-state index is 13.9. The van der Waals surface area contributed by atoms with Crippen LogP contribution < -0.4 is 16.0 Å². The summed E-state index contributed by atoms with van der Waals surface area (Å²) in [6.07, 6.45) is 2.66. The highest BCUT2D eigenvalue weighted by atomic mass is 35.5. The molecule has 288 valence electrons. The molecular formula is C43H40Cl2N4O5S2. The number of thioether (sulfide) groups is 1. The summed E-state index contributed by atoms with van der Waals surface area (Å²) in [5.74, 6) is -1.73. The number of benzene rings is 4. The number of hydrogen-bond acceptors (Lipinski definition) is 8. The van der Waals surface area contributed by atoms with Gasteiger partial charge in [-0.3, -0.25) is 19.3 Å². The molecule has 1 atom stereocenters. The summed E-state index contributed by atoms with van der Waals surface area (Å²) in [6, 6.07) is 30.8. The van der Waals surface area contributed by atoms with E-state index in [1.54, 1.807) is 73.7 Å². The molecule has 0 saturated carbocycles. The molecule has 0 aliphatic carbocycles. The van der Waals surface area contributed by atoms with Crippen molar-refractivity contribution >= 4 is 86.8 Å². The van der Waals surface area contributed by atoms with Crippen molar-refractivity contribution in [1.29, 1.82) is 0 Å². The van der Waals surface area contributed by atoms with E-state index >= 15 is 0 Å². The van der Waals surface area contributed by atoms with Gasteiger partial charge in [-0.05, 0) is 85.0 Å². The highest BCUT2D eigenvalue weighted by Crippen LogP contribution is 2.39. The van der Waals surface area contributed by atoms with Crippen LogP contribution in [0.3, 0.4) is 0 Å². The van der Waals surface area contributed by atoms with Crippen LogP contribution in [-0.4, -0.2) is 47.0 Å². The van der Waals surface area contributed by atoms with Gasteiger partial charge in [-0.25, -0.2) is 4.79 Å². The molecule has 6 rings (SSSR count). The third-order valence-electron chi connectivity index (χ3n) is 8.93. The van der Waals surface area contributed by atoms with E-state index in [0.717, 1.165) is 28.4 Å². The van der Waals surface area contributed by atoms with Crippen LogP contribution >= 0.6 is 46.3 Å². The third-order valence-corrected chi connectivity index (χ3v) is 12.0. The summed E-state index contributed by atoms with van der Waals surface area (Å²) in [5, 5.41) is 9.37. The van der Waals surface area contributed by atoms with Crippen molar-refractivity contribution in [3.63, 3.8) is 0 Å². The average molecular weight is 828 g/mol. The number of ether oxygens (including phenoxy) is 1. The third kappa shape index (κ3) is 10.5. The molecule has 0 spiro atoms. The number of esters is 1. The topological polar surface area (TPSA) is 117 Å². The fourth-order valence-electron chi connectivity index (χ4n) is 6.18. The second kappa shape index (κ2) is 19.3. The summed E-state index contributed by atoms with van der Waals surface area (Å²) in [6.45, 7) is 6.15. The van der Waals surface area contributed by atoms with E-state index in [9.17, 15) is 19.2 Å². The van der Waals surface area contributed by atoms with Crippen LogP contribution in [0.25, 0.3) is 6.08 Å². The van der Waals surface area contributed by atoms with Crippen molar-refractivity contribution in [2.75, 3.05) is 23.8 Å². The summed E-state index contributed by atoms with van der Waals surface area (Å²) in [4.78, 5) is 58.1. The lowest BCUT2D eigenvalue weighted by Crippen LogP contribution is -2.30. The molecule has 56 heavy (non-hydrogen) atoms. The van der Waals surface area contributed by atoms with Crippen molar-refractivity contribution < 1.29 is 23.9 Å². The number of amides is 3. The van der Waals surface area contributed by atoms with Crippen LogP contribution in [0.1, 0.15) is 62.6 Å². The van der Waals surface area contributed by atoms with Crippen LogP contribution in [0.4, 0.5) is 10.7 Å². The SMILES string of the molecule is CCOC(=O)c1c(NC(=O)C(CC)Sc2cccc(NC(=O)/C(=C\c3ccc(Cl)cc3Cl)NC(=O)c3ccccc3)c2)sc2c1CCN(Cc1ccccc1)C2. The lowest BCUT2D eigenvalue weighted by molar-refractivity contribution is -0.116. The van der Waals surface area contributed by atoms with E-state index in [0.29, 0.717) is 56.8 Å². The average Bonchev–Trinajstić information content (AvgIpc) is 3.55. The van der Waals surface area contributed by atoms with E-state index in [1.165, 1.54) is 34.7 Å². The van der Waals surface area contributed by atoms with Crippen molar-refractivity contribution in [3.8, 4) is 0 Å². The van der Waals surface area contributed by atoms with Crippen LogP contribution in [0, 0.1) is 0 Å². The molecule has 9 nitrogen and oxygen atoms in total. The molecule has 13 heteroatoms. The molecule has 4 aromatic carbocycles. The van der Waals surface area contributed by atoms with Crippen molar-refractivity contribution in [2.45, 2.75) is 49.9 Å². The van der Waals surface area contributed by atoms with Crippen LogP contribution in [0.15, 0.2) is 114 Å². The van der Waals surface area contributed by atoms with Gasteiger partial charge in [-0.1, -0.05) is 90.8 Å². The van der Waals surface area contributed by atoms with Gasteiger partial charge in [0.1, 0.15) is 10.7 Å². The Labute approximate surface area is 344 Å². The van der Waals surface area contributed by atoms with Crippen LogP contribution in [0.5, 0.6) is 0 Å². The van der Waals surface area contributed by atoms with Crippen molar-refractivity contribution in [2.24, 2.45) is 0 Å². The Hall–Kier alpha value is -4.91. The van der Waals surface area contributed by atoms with Crippen LogP contribution in [-0.2, 0) is 33.8 Å². The Bertz CT molecular complexity index is 2250. The largest absolute Gasteiger partial charge is 0.462 e. The standard InChI is InChI=1S/C43H40Cl2N4O5S2/c1-3-36(41(52)48-42-38(43(53)54-4-2)33-20-21-49(26-37(33)56-42)25-27-12-7-5-8-13-27)55-32-17-11-16-31(24-32)46-40(51)35(22-29-18-19-30(44)23-34(29)45)47-39(50)28-14-9-6-10-15-28/h5-19,22-24,36H,3-4,20-21,25-26H2,1-2H3,(H,46,51)(H,47,50)(H,48,52)/b35-22+. The number of hydrogen-bond donors (Lipinski definition) is 3. The highest BCUT2D eigenvalue weighted by Gasteiger charge is 2.31. The fraction of sp³-hybridized carbons (Fsp3) is 0.209. The summed E-state index contributed by atoms with van der Waals surface area (Å²) >= 11 is 15.3. The van der Waals surface area contributed by atoms with Gasteiger partial charge >= 0.3 is 5.97 Å². The minimum absolute atomic E-state index is 0.0359. The predicted molar refractivity (Wildman–Crippen MR) is 227 cm³/mol. The first kappa shape index (κ1) is 40.7. The second-order valence-electron chi connectivity index (χ2n) is 12.9. The van der Waals surface area contributed by atoms with Gasteiger partial charge in [0.2, 0.25) is 5.91 Å². The maximum absolute atomic E-state index is 13.9. The zero-order chi connectivity index (χ0) is 39.6. The quantitative estimate of drug-likeness (QED) is 0.0580. The predicted octanol–water partition coefficient (Wildman–Crippen LogP) is 9.71. The fourth-order valence-corrected chi connectivity index (χ4v) is 8.94. The monoisotopic (exact) mass is 826 g/mol. The number of nitrogens with zero attached hydrogens (tertiary/aromatic N) is 1. The molecule has 2 heterocycles. The van der Waals surface area contributed by atoms with E-state index in [1.807, 2.05) is 31.2 Å². The normalized spacial score (nSPS) is 13.3. The molecule has 3 N–H and O–H groups in total. The van der Waals surface area contributed by atoms with E-state index in [-0.39, 0.29) is 18.2 Å². The summed E-state index contributed by atoms with van der Waals surface area (Å²) in [7, 11) is 0. The smallest absolute Gasteiger partial charge is 0.341 e. The summed E-state index contributed by atoms with van der Waals surface area (Å²) < 4.78 is 5.45. The Morgan fingerprint density at radius 1 is 0.911 bits per heavy atom. The van der Waals surface area contributed by atoms with Gasteiger partial charge < -0.3 is 20.7 Å². The molecule has 0 bridgehead atoms. The van der Waals surface area contributed by atoms with Crippen molar-refractivity contribution in [1.82, 2.24) is 10.2 Å². The summed E-state index contributed by atoms with van der Waals surface area (Å²) in [5.41, 5.74) is 3.86. The van der Waals surface area contributed by atoms with Crippen LogP contribution in [0.2, 0.25) is 10.0 Å². The molecule has 1 unspecified atom stereocenters. The van der Waals surface area contributed by atoms with Gasteiger partial charge in [0, 0.05) is 50.7 Å². The highest BCUT2D eigenvalue weighted by molar-refractivity contribution is 8.00. The Balaban J connectivity index is 1.17. The molecule has 0 saturated heterocycles. The van der Waals surface area contributed by atoms with Crippen molar-refractivity contribution in [3.05, 3.63) is 152 Å². The first-order valence-electron chi connectivity index (χ1n) is 18.1.